The number of hydrogen-bond donors (Lipinski definition) is 1. The lowest BCUT2D eigenvalue weighted by Crippen LogP contribution is -2.34. The van der Waals surface area contributed by atoms with Crippen LogP contribution in [0.15, 0.2) is 0 Å². The molecule has 0 radical (unpaired) electrons. The van der Waals surface area contributed by atoms with E-state index in [0.29, 0.717) is 17.7 Å². The van der Waals surface area contributed by atoms with E-state index in [1.807, 2.05) is 0 Å². The first-order valence-electron chi connectivity index (χ1n) is 6.26. The van der Waals surface area contributed by atoms with Gasteiger partial charge in [0.25, 0.3) is 0 Å². The monoisotopic (exact) mass is 249 g/mol. The quantitative estimate of drug-likeness (QED) is 0.717. The molecule has 16 heavy (non-hydrogen) atoms. The molecule has 0 amide bonds. The van der Waals surface area contributed by atoms with Gasteiger partial charge in [0.2, 0.25) is 0 Å². The van der Waals surface area contributed by atoms with Crippen LogP contribution in [-0.4, -0.2) is 32.0 Å². The summed E-state index contributed by atoms with van der Waals surface area (Å²) in [6.45, 7) is 10.9. The van der Waals surface area contributed by atoms with E-state index in [9.17, 15) is 8.42 Å². The Morgan fingerprint density at radius 2 is 1.69 bits per heavy atom. The van der Waals surface area contributed by atoms with E-state index in [4.69, 9.17) is 0 Å². The van der Waals surface area contributed by atoms with Crippen molar-refractivity contribution in [3.05, 3.63) is 0 Å². The van der Waals surface area contributed by atoms with Crippen molar-refractivity contribution in [1.29, 1.82) is 0 Å². The molecule has 0 spiro atoms. The molecule has 2 unspecified atom stereocenters. The van der Waals surface area contributed by atoms with Gasteiger partial charge in [0.15, 0.2) is 9.84 Å². The van der Waals surface area contributed by atoms with Crippen LogP contribution in [0, 0.1) is 5.92 Å². The van der Waals surface area contributed by atoms with Crippen LogP contribution in [0.5, 0.6) is 0 Å². The average molecular weight is 249 g/mol. The fraction of sp³-hybridized carbons (Fsp3) is 1.00. The van der Waals surface area contributed by atoms with Crippen molar-refractivity contribution in [3.63, 3.8) is 0 Å². The fourth-order valence-electron chi connectivity index (χ4n) is 1.41. The average Bonchev–Trinajstić information content (AvgIpc) is 2.22. The molecule has 4 heteroatoms. The third-order valence-electron chi connectivity index (χ3n) is 3.15. The predicted octanol–water partition coefficient (Wildman–Crippen LogP) is 2.22. The molecule has 0 rings (SSSR count). The van der Waals surface area contributed by atoms with Crippen molar-refractivity contribution in [2.75, 3.05) is 12.3 Å². The Kier molecular flexibility index (Phi) is 7.24. The van der Waals surface area contributed by atoms with Gasteiger partial charge < -0.3 is 5.32 Å². The molecule has 1 N–H and O–H groups in total. The Bertz CT molecular complexity index is 273. The number of rotatable bonds is 8. The first-order chi connectivity index (χ1) is 7.31. The van der Waals surface area contributed by atoms with Crippen LogP contribution in [0.25, 0.3) is 0 Å². The molecule has 3 nitrogen and oxygen atoms in total. The maximum absolute atomic E-state index is 11.7. The minimum atomic E-state index is -2.88. The molecule has 0 aliphatic carbocycles. The molecule has 98 valence electrons. The molecule has 0 aromatic heterocycles. The Balaban J connectivity index is 4.02. The Hall–Kier alpha value is -0.0900. The van der Waals surface area contributed by atoms with Crippen LogP contribution in [0.1, 0.15) is 47.5 Å². The molecular weight excluding hydrogens is 222 g/mol. The van der Waals surface area contributed by atoms with Crippen LogP contribution in [0.4, 0.5) is 0 Å². The Morgan fingerprint density at radius 3 is 2.12 bits per heavy atom. The maximum atomic E-state index is 11.7. The summed E-state index contributed by atoms with van der Waals surface area (Å²) < 4.78 is 23.3. The minimum Gasteiger partial charge on any atom is -0.314 e. The van der Waals surface area contributed by atoms with Crippen LogP contribution in [0.2, 0.25) is 0 Å². The van der Waals surface area contributed by atoms with Gasteiger partial charge in [-0.1, -0.05) is 13.8 Å². The van der Waals surface area contributed by atoms with Crippen LogP contribution in [-0.2, 0) is 9.84 Å². The second-order valence-corrected chi connectivity index (χ2v) is 7.60. The Morgan fingerprint density at radius 1 is 1.12 bits per heavy atom. The van der Waals surface area contributed by atoms with Gasteiger partial charge in [-0.25, -0.2) is 8.42 Å². The molecule has 0 aromatic carbocycles. The molecule has 0 fully saturated rings. The number of nitrogens with one attached hydrogen (secondary N) is 1. The van der Waals surface area contributed by atoms with Gasteiger partial charge in [-0.15, -0.1) is 0 Å². The lowest BCUT2D eigenvalue weighted by atomic mass is 10.0. The fourth-order valence-corrected chi connectivity index (χ4v) is 2.58. The van der Waals surface area contributed by atoms with E-state index in [1.165, 1.54) is 0 Å². The molecule has 0 saturated heterocycles. The van der Waals surface area contributed by atoms with E-state index in [-0.39, 0.29) is 5.25 Å². The highest BCUT2D eigenvalue weighted by atomic mass is 32.2. The largest absolute Gasteiger partial charge is 0.314 e. The molecule has 0 aliphatic heterocycles. The third-order valence-corrected chi connectivity index (χ3v) is 5.39. The number of hydrogen-bond acceptors (Lipinski definition) is 3. The SMILES string of the molecule is CCCNC(C)C(C)CCS(=O)(=O)C(C)C. The summed E-state index contributed by atoms with van der Waals surface area (Å²) in [5.74, 6) is 0.712. The van der Waals surface area contributed by atoms with E-state index >= 15 is 0 Å². The van der Waals surface area contributed by atoms with Gasteiger partial charge in [-0.05, 0) is 46.1 Å². The molecule has 0 aliphatic rings. The summed E-state index contributed by atoms with van der Waals surface area (Å²) in [6, 6.07) is 0.391. The standard InChI is InChI=1S/C12H27NO2S/c1-6-8-13-12(5)11(4)7-9-16(14,15)10(2)3/h10-13H,6-9H2,1-5H3. The maximum Gasteiger partial charge on any atom is 0.152 e. The van der Waals surface area contributed by atoms with E-state index in [0.717, 1.165) is 19.4 Å². The van der Waals surface area contributed by atoms with Gasteiger partial charge in [0.1, 0.15) is 0 Å². The van der Waals surface area contributed by atoms with Gasteiger partial charge in [0.05, 0.1) is 11.0 Å². The van der Waals surface area contributed by atoms with Gasteiger partial charge >= 0.3 is 0 Å². The molecule has 2 atom stereocenters. The Labute approximate surface area is 101 Å². The number of sulfone groups is 1. The summed E-state index contributed by atoms with van der Waals surface area (Å²) in [7, 11) is -2.88. The summed E-state index contributed by atoms with van der Waals surface area (Å²) in [6.07, 6.45) is 1.86. The van der Waals surface area contributed by atoms with Crippen LogP contribution in [0.3, 0.4) is 0 Å². The van der Waals surface area contributed by atoms with Gasteiger partial charge in [-0.3, -0.25) is 0 Å². The van der Waals surface area contributed by atoms with Crippen molar-refractivity contribution in [2.45, 2.75) is 58.8 Å². The lowest BCUT2D eigenvalue weighted by Gasteiger charge is -2.21. The molecule has 0 aromatic rings. The molecular formula is C12H27NO2S. The second kappa shape index (κ2) is 7.28. The van der Waals surface area contributed by atoms with Gasteiger partial charge in [0, 0.05) is 6.04 Å². The highest BCUT2D eigenvalue weighted by molar-refractivity contribution is 7.91. The first kappa shape index (κ1) is 15.9. The van der Waals surface area contributed by atoms with Crippen LogP contribution < -0.4 is 5.32 Å². The van der Waals surface area contributed by atoms with Crippen molar-refractivity contribution >= 4 is 9.84 Å². The zero-order valence-corrected chi connectivity index (χ0v) is 12.1. The van der Waals surface area contributed by atoms with Crippen molar-refractivity contribution in [3.8, 4) is 0 Å². The lowest BCUT2D eigenvalue weighted by molar-refractivity contribution is 0.391. The first-order valence-corrected chi connectivity index (χ1v) is 7.97. The zero-order chi connectivity index (χ0) is 12.8. The smallest absolute Gasteiger partial charge is 0.152 e. The predicted molar refractivity (Wildman–Crippen MR) is 70.5 cm³/mol. The van der Waals surface area contributed by atoms with E-state index in [1.54, 1.807) is 13.8 Å². The summed E-state index contributed by atoms with van der Waals surface area (Å²) in [4.78, 5) is 0. The van der Waals surface area contributed by atoms with Gasteiger partial charge in [-0.2, -0.15) is 0 Å². The highest BCUT2D eigenvalue weighted by Gasteiger charge is 2.19. The minimum absolute atomic E-state index is 0.251. The van der Waals surface area contributed by atoms with E-state index in [2.05, 4.69) is 26.1 Å². The van der Waals surface area contributed by atoms with Crippen molar-refractivity contribution in [1.82, 2.24) is 5.32 Å². The van der Waals surface area contributed by atoms with Crippen molar-refractivity contribution < 1.29 is 8.42 Å². The summed E-state index contributed by atoms with van der Waals surface area (Å²) in [5, 5.41) is 3.15. The van der Waals surface area contributed by atoms with E-state index < -0.39 is 9.84 Å². The molecule has 0 heterocycles. The second-order valence-electron chi connectivity index (χ2n) is 4.92. The van der Waals surface area contributed by atoms with Crippen molar-refractivity contribution in [2.24, 2.45) is 5.92 Å². The summed E-state index contributed by atoms with van der Waals surface area (Å²) in [5.41, 5.74) is 0. The third kappa shape index (κ3) is 5.85. The summed E-state index contributed by atoms with van der Waals surface area (Å²) >= 11 is 0. The normalized spacial score (nSPS) is 16.4. The van der Waals surface area contributed by atoms with Crippen LogP contribution >= 0.6 is 0 Å². The highest BCUT2D eigenvalue weighted by Crippen LogP contribution is 2.12. The molecule has 0 bridgehead atoms. The zero-order valence-electron chi connectivity index (χ0n) is 11.3. The topological polar surface area (TPSA) is 46.2 Å². The molecule has 0 saturated carbocycles.